The van der Waals surface area contributed by atoms with Crippen molar-refractivity contribution in [1.29, 1.82) is 0 Å². The molecule has 15 heavy (non-hydrogen) atoms. The van der Waals surface area contributed by atoms with Crippen molar-refractivity contribution in [3.05, 3.63) is 0 Å². The van der Waals surface area contributed by atoms with E-state index in [2.05, 4.69) is 37.9 Å². The Kier molecular flexibility index (Phi) is 2.53. The van der Waals surface area contributed by atoms with Gasteiger partial charge in [-0.05, 0) is 32.1 Å². The lowest BCUT2D eigenvalue weighted by Crippen LogP contribution is -2.45. The second-order valence-electron chi connectivity index (χ2n) is 5.35. The zero-order valence-corrected chi connectivity index (χ0v) is 10.2. The van der Waals surface area contributed by atoms with Crippen LogP contribution in [0.3, 0.4) is 0 Å². The highest BCUT2D eigenvalue weighted by molar-refractivity contribution is 5.92. The highest BCUT2D eigenvalue weighted by Gasteiger charge is 2.59. The van der Waals surface area contributed by atoms with E-state index >= 15 is 0 Å². The summed E-state index contributed by atoms with van der Waals surface area (Å²) in [5.41, 5.74) is -0.149. The molecule has 1 aliphatic carbocycles. The highest BCUT2D eigenvalue weighted by atomic mass is 16.2. The maximum absolute atomic E-state index is 12.3. The van der Waals surface area contributed by atoms with Crippen LogP contribution in [0.5, 0.6) is 0 Å². The van der Waals surface area contributed by atoms with Crippen molar-refractivity contribution in [1.82, 2.24) is 10.2 Å². The van der Waals surface area contributed by atoms with Crippen molar-refractivity contribution in [3.8, 4) is 0 Å². The first-order valence-electron chi connectivity index (χ1n) is 6.12. The minimum atomic E-state index is -0.149. The molecular weight excluding hydrogens is 188 g/mol. The van der Waals surface area contributed by atoms with Crippen molar-refractivity contribution < 1.29 is 4.79 Å². The molecular formula is C12H22N2O. The summed E-state index contributed by atoms with van der Waals surface area (Å²) in [7, 11) is 0. The van der Waals surface area contributed by atoms with Crippen LogP contribution in [-0.4, -0.2) is 28.6 Å². The van der Waals surface area contributed by atoms with Gasteiger partial charge in [0.15, 0.2) is 0 Å². The molecule has 0 radical (unpaired) electrons. The zero-order valence-electron chi connectivity index (χ0n) is 10.2. The molecule has 0 bridgehead atoms. The van der Waals surface area contributed by atoms with Gasteiger partial charge in [0.2, 0.25) is 5.91 Å². The number of rotatable bonds is 3. The van der Waals surface area contributed by atoms with Gasteiger partial charge < -0.3 is 4.90 Å². The van der Waals surface area contributed by atoms with E-state index in [1.807, 2.05) is 0 Å². The van der Waals surface area contributed by atoms with Gasteiger partial charge in [-0.15, -0.1) is 0 Å². The monoisotopic (exact) mass is 210 g/mol. The van der Waals surface area contributed by atoms with Gasteiger partial charge >= 0.3 is 0 Å². The average Bonchev–Trinajstić information content (AvgIpc) is 2.90. The first-order chi connectivity index (χ1) is 7.02. The maximum atomic E-state index is 12.3. The molecule has 1 N–H and O–H groups in total. The van der Waals surface area contributed by atoms with E-state index in [-0.39, 0.29) is 11.7 Å². The summed E-state index contributed by atoms with van der Waals surface area (Å²) >= 11 is 0. The van der Waals surface area contributed by atoms with Crippen LogP contribution in [0, 0.1) is 5.92 Å². The third kappa shape index (κ3) is 1.57. The fourth-order valence-corrected chi connectivity index (χ4v) is 2.41. The van der Waals surface area contributed by atoms with Crippen LogP contribution in [0.2, 0.25) is 0 Å². The first kappa shape index (κ1) is 10.9. The molecule has 3 nitrogen and oxygen atoms in total. The Morgan fingerprint density at radius 2 is 2.07 bits per heavy atom. The van der Waals surface area contributed by atoms with E-state index in [0.29, 0.717) is 17.9 Å². The van der Waals surface area contributed by atoms with Gasteiger partial charge in [-0.25, -0.2) is 0 Å². The van der Waals surface area contributed by atoms with Crippen LogP contribution in [0.15, 0.2) is 0 Å². The summed E-state index contributed by atoms with van der Waals surface area (Å²) in [5.74, 6) is 0.870. The van der Waals surface area contributed by atoms with Gasteiger partial charge in [-0.2, -0.15) is 0 Å². The van der Waals surface area contributed by atoms with Crippen molar-refractivity contribution in [2.45, 2.75) is 64.7 Å². The molecule has 1 saturated carbocycles. The maximum Gasteiger partial charge on any atom is 0.244 e. The lowest BCUT2D eigenvalue weighted by atomic mass is 10.0. The van der Waals surface area contributed by atoms with Gasteiger partial charge in [-0.3, -0.25) is 10.1 Å². The third-order valence-corrected chi connectivity index (χ3v) is 3.96. The van der Waals surface area contributed by atoms with Crippen LogP contribution in [-0.2, 0) is 4.79 Å². The summed E-state index contributed by atoms with van der Waals surface area (Å²) < 4.78 is 0. The molecule has 2 aliphatic rings. The lowest BCUT2D eigenvalue weighted by molar-refractivity contribution is -0.133. The topological polar surface area (TPSA) is 32.3 Å². The molecule has 2 atom stereocenters. The Morgan fingerprint density at radius 3 is 2.47 bits per heavy atom. The Bertz CT molecular complexity index is 271. The van der Waals surface area contributed by atoms with E-state index < -0.39 is 0 Å². The summed E-state index contributed by atoms with van der Waals surface area (Å²) in [4.78, 5) is 14.3. The fraction of sp³-hybridized carbons (Fsp3) is 0.917. The van der Waals surface area contributed by atoms with Gasteiger partial charge in [-0.1, -0.05) is 20.8 Å². The smallest absolute Gasteiger partial charge is 0.244 e. The standard InChI is InChI=1S/C12H22N2O/c1-5-10-13-12(6-7-12)11(15)14(10)9(4)8(2)3/h8-10,13H,5-7H2,1-4H3. The quantitative estimate of drug-likeness (QED) is 0.769. The first-order valence-corrected chi connectivity index (χ1v) is 6.12. The average molecular weight is 210 g/mol. The molecule has 0 aromatic carbocycles. The largest absolute Gasteiger partial charge is 0.323 e. The summed E-state index contributed by atoms with van der Waals surface area (Å²) in [5, 5.41) is 3.50. The molecule has 1 saturated heterocycles. The van der Waals surface area contributed by atoms with Gasteiger partial charge in [0, 0.05) is 6.04 Å². The van der Waals surface area contributed by atoms with E-state index in [4.69, 9.17) is 0 Å². The number of nitrogens with zero attached hydrogens (tertiary/aromatic N) is 1. The van der Waals surface area contributed by atoms with Crippen molar-refractivity contribution >= 4 is 5.91 Å². The lowest BCUT2D eigenvalue weighted by Gasteiger charge is -2.32. The molecule has 2 unspecified atom stereocenters. The summed E-state index contributed by atoms with van der Waals surface area (Å²) in [6, 6.07) is 0.343. The van der Waals surface area contributed by atoms with Gasteiger partial charge in [0.25, 0.3) is 0 Å². The Morgan fingerprint density at radius 1 is 1.47 bits per heavy atom. The third-order valence-electron chi connectivity index (χ3n) is 3.96. The highest BCUT2D eigenvalue weighted by Crippen LogP contribution is 2.43. The molecule has 2 fully saturated rings. The van der Waals surface area contributed by atoms with Crippen LogP contribution in [0.4, 0.5) is 0 Å². The Balaban J connectivity index is 2.17. The Labute approximate surface area is 92.2 Å². The molecule has 3 heteroatoms. The van der Waals surface area contributed by atoms with E-state index in [0.717, 1.165) is 19.3 Å². The molecule has 1 heterocycles. The van der Waals surface area contributed by atoms with Crippen LogP contribution >= 0.6 is 0 Å². The zero-order chi connectivity index (χ0) is 11.2. The number of carbonyl (C=O) groups excluding carboxylic acids is 1. The SMILES string of the molecule is CCC1NC2(CC2)C(=O)N1C(C)C(C)C. The molecule has 1 spiro atoms. The summed E-state index contributed by atoms with van der Waals surface area (Å²) in [6.45, 7) is 8.67. The number of amides is 1. The number of hydrogen-bond acceptors (Lipinski definition) is 2. The van der Waals surface area contributed by atoms with E-state index in [1.165, 1.54) is 0 Å². The second-order valence-corrected chi connectivity index (χ2v) is 5.35. The predicted molar refractivity (Wildman–Crippen MR) is 60.3 cm³/mol. The molecule has 1 aliphatic heterocycles. The van der Waals surface area contributed by atoms with Crippen molar-refractivity contribution in [3.63, 3.8) is 0 Å². The molecule has 86 valence electrons. The van der Waals surface area contributed by atoms with Crippen molar-refractivity contribution in [2.75, 3.05) is 0 Å². The number of hydrogen-bond donors (Lipinski definition) is 1. The molecule has 1 amide bonds. The minimum absolute atomic E-state index is 0.149. The van der Waals surface area contributed by atoms with Crippen LogP contribution in [0.25, 0.3) is 0 Å². The van der Waals surface area contributed by atoms with E-state index in [1.54, 1.807) is 0 Å². The van der Waals surface area contributed by atoms with E-state index in [9.17, 15) is 4.79 Å². The number of carbonyl (C=O) groups is 1. The van der Waals surface area contributed by atoms with Crippen molar-refractivity contribution in [2.24, 2.45) is 5.92 Å². The number of nitrogens with one attached hydrogen (secondary N) is 1. The second kappa shape index (κ2) is 3.48. The molecule has 0 aromatic rings. The van der Waals surface area contributed by atoms with Gasteiger partial charge in [0.05, 0.1) is 11.7 Å². The predicted octanol–water partition coefficient (Wildman–Crippen LogP) is 1.73. The van der Waals surface area contributed by atoms with Gasteiger partial charge in [0.1, 0.15) is 0 Å². The Hall–Kier alpha value is -0.570. The fourth-order valence-electron chi connectivity index (χ4n) is 2.41. The van der Waals surface area contributed by atoms with Crippen LogP contribution < -0.4 is 5.32 Å². The van der Waals surface area contributed by atoms with Crippen LogP contribution in [0.1, 0.15) is 47.0 Å². The summed E-state index contributed by atoms with van der Waals surface area (Å²) in [6.07, 6.45) is 3.33. The molecule has 2 rings (SSSR count). The minimum Gasteiger partial charge on any atom is -0.323 e. The molecule has 0 aromatic heterocycles. The normalized spacial score (nSPS) is 30.3.